The fourth-order valence-corrected chi connectivity index (χ4v) is 4.21. The highest BCUT2D eigenvalue weighted by molar-refractivity contribution is 7.89. The Morgan fingerprint density at radius 1 is 1.16 bits per heavy atom. The molecule has 0 bridgehead atoms. The second-order valence-electron chi connectivity index (χ2n) is 7.36. The van der Waals surface area contributed by atoms with Crippen LogP contribution in [0.5, 0.6) is 0 Å². The van der Waals surface area contributed by atoms with Crippen molar-refractivity contribution >= 4 is 15.7 Å². The van der Waals surface area contributed by atoms with Crippen molar-refractivity contribution in [3.8, 4) is 0 Å². The molecule has 0 spiro atoms. The highest BCUT2D eigenvalue weighted by atomic mass is 32.2. The van der Waals surface area contributed by atoms with E-state index in [0.717, 1.165) is 23.4 Å². The van der Waals surface area contributed by atoms with Gasteiger partial charge < -0.3 is 5.32 Å². The third-order valence-corrected chi connectivity index (χ3v) is 6.25. The molecule has 0 amide bonds. The minimum Gasteiger partial charge on any atom is -0.385 e. The number of hydrogen-bond acceptors (Lipinski definition) is 3. The van der Waals surface area contributed by atoms with Crippen LogP contribution in [-0.2, 0) is 10.0 Å². The van der Waals surface area contributed by atoms with Gasteiger partial charge in [0.15, 0.2) is 0 Å². The smallest absolute Gasteiger partial charge is 0.238 e. The number of nitrogens with two attached hydrogens (primary N) is 1. The van der Waals surface area contributed by atoms with Crippen LogP contribution < -0.4 is 10.5 Å². The first-order chi connectivity index (χ1) is 11.6. The number of benzene rings is 2. The standard InChI is InChI=1S/C19H23FN2O2S/c1-12-10-14(20)6-9-17(12)22-11-16-18(19(16,2)3)13-4-7-15(8-5-13)25(21,23)24/h4-10,16,18,22H,11H2,1-3H3,(H2,21,23,24)/t16-,18-/m0/s1. The van der Waals surface area contributed by atoms with E-state index in [4.69, 9.17) is 5.14 Å². The lowest BCUT2D eigenvalue weighted by atomic mass is 10.0. The molecule has 1 saturated carbocycles. The van der Waals surface area contributed by atoms with Crippen LogP contribution in [0, 0.1) is 24.1 Å². The molecule has 3 rings (SSSR count). The first-order valence-corrected chi connectivity index (χ1v) is 9.78. The van der Waals surface area contributed by atoms with Gasteiger partial charge in [-0.05, 0) is 65.6 Å². The summed E-state index contributed by atoms with van der Waals surface area (Å²) in [6, 6.07) is 11.5. The summed E-state index contributed by atoms with van der Waals surface area (Å²) in [7, 11) is -3.66. The average Bonchev–Trinajstić information content (AvgIpc) is 3.06. The average molecular weight is 362 g/mol. The van der Waals surface area contributed by atoms with E-state index in [1.54, 1.807) is 18.2 Å². The molecule has 2 aromatic rings. The van der Waals surface area contributed by atoms with Crippen molar-refractivity contribution in [2.45, 2.75) is 31.6 Å². The summed E-state index contributed by atoms with van der Waals surface area (Å²) in [6.45, 7) is 7.07. The molecule has 2 aromatic carbocycles. The van der Waals surface area contributed by atoms with Crippen molar-refractivity contribution < 1.29 is 12.8 Å². The summed E-state index contributed by atoms with van der Waals surface area (Å²) >= 11 is 0. The summed E-state index contributed by atoms with van der Waals surface area (Å²) in [4.78, 5) is 0.131. The minimum absolute atomic E-state index is 0.115. The third kappa shape index (κ3) is 3.55. The molecule has 0 radical (unpaired) electrons. The summed E-state index contributed by atoms with van der Waals surface area (Å²) in [5, 5.41) is 8.56. The zero-order valence-electron chi connectivity index (χ0n) is 14.6. The van der Waals surface area contributed by atoms with Gasteiger partial charge in [0, 0.05) is 12.2 Å². The maximum Gasteiger partial charge on any atom is 0.238 e. The van der Waals surface area contributed by atoms with Gasteiger partial charge in [0.1, 0.15) is 5.82 Å². The SMILES string of the molecule is Cc1cc(F)ccc1NC[C@H]1[C@H](c2ccc(S(N)(=O)=O)cc2)C1(C)C. The second kappa shape index (κ2) is 6.11. The van der Waals surface area contributed by atoms with Gasteiger partial charge in [-0.2, -0.15) is 0 Å². The van der Waals surface area contributed by atoms with Crippen LogP contribution in [0.1, 0.15) is 30.9 Å². The highest BCUT2D eigenvalue weighted by Crippen LogP contribution is 2.64. The number of hydrogen-bond donors (Lipinski definition) is 2. The maximum absolute atomic E-state index is 13.2. The Kier molecular flexibility index (Phi) is 4.37. The largest absolute Gasteiger partial charge is 0.385 e. The van der Waals surface area contributed by atoms with Crippen LogP contribution in [0.3, 0.4) is 0 Å². The van der Waals surface area contributed by atoms with E-state index in [-0.39, 0.29) is 16.1 Å². The van der Waals surface area contributed by atoms with E-state index in [1.807, 2.05) is 19.1 Å². The molecule has 25 heavy (non-hydrogen) atoms. The molecule has 0 saturated heterocycles. The predicted molar refractivity (Wildman–Crippen MR) is 97.5 cm³/mol. The van der Waals surface area contributed by atoms with Crippen LogP contribution in [0.25, 0.3) is 0 Å². The molecule has 1 aliphatic rings. The minimum atomic E-state index is -3.66. The van der Waals surface area contributed by atoms with E-state index in [0.29, 0.717) is 11.8 Å². The van der Waals surface area contributed by atoms with Crippen molar-refractivity contribution in [1.82, 2.24) is 0 Å². The molecule has 0 aromatic heterocycles. The van der Waals surface area contributed by atoms with Crippen LogP contribution >= 0.6 is 0 Å². The summed E-state index contributed by atoms with van der Waals surface area (Å²) < 4.78 is 36.0. The van der Waals surface area contributed by atoms with Crippen LogP contribution in [-0.4, -0.2) is 15.0 Å². The lowest BCUT2D eigenvalue weighted by molar-refractivity contribution is 0.565. The molecule has 1 fully saturated rings. The molecule has 0 heterocycles. The number of halogens is 1. The van der Waals surface area contributed by atoms with Crippen molar-refractivity contribution in [1.29, 1.82) is 0 Å². The van der Waals surface area contributed by atoms with Gasteiger partial charge >= 0.3 is 0 Å². The molecule has 3 N–H and O–H groups in total. The molecule has 0 unspecified atom stereocenters. The lowest BCUT2D eigenvalue weighted by Crippen LogP contribution is -2.11. The van der Waals surface area contributed by atoms with E-state index < -0.39 is 10.0 Å². The van der Waals surface area contributed by atoms with Crippen molar-refractivity contribution in [3.05, 3.63) is 59.4 Å². The number of aryl methyl sites for hydroxylation is 1. The van der Waals surface area contributed by atoms with E-state index in [9.17, 15) is 12.8 Å². The van der Waals surface area contributed by atoms with Crippen molar-refractivity contribution in [2.24, 2.45) is 16.5 Å². The van der Waals surface area contributed by atoms with Crippen LogP contribution in [0.15, 0.2) is 47.4 Å². The molecule has 0 aliphatic heterocycles. The lowest BCUT2D eigenvalue weighted by Gasteiger charge is -2.10. The first kappa shape index (κ1) is 17.9. The van der Waals surface area contributed by atoms with Crippen molar-refractivity contribution in [2.75, 3.05) is 11.9 Å². The number of nitrogens with one attached hydrogen (secondary N) is 1. The number of anilines is 1. The Balaban J connectivity index is 1.71. The quantitative estimate of drug-likeness (QED) is 0.853. The highest BCUT2D eigenvalue weighted by Gasteiger charge is 2.57. The first-order valence-electron chi connectivity index (χ1n) is 8.23. The van der Waals surface area contributed by atoms with Gasteiger partial charge in [0.2, 0.25) is 10.0 Å². The monoisotopic (exact) mass is 362 g/mol. The van der Waals surface area contributed by atoms with E-state index >= 15 is 0 Å². The van der Waals surface area contributed by atoms with Crippen molar-refractivity contribution in [3.63, 3.8) is 0 Å². The summed E-state index contributed by atoms with van der Waals surface area (Å²) in [5.41, 5.74) is 3.05. The van der Waals surface area contributed by atoms with E-state index in [2.05, 4.69) is 19.2 Å². The van der Waals surface area contributed by atoms with Gasteiger partial charge in [-0.3, -0.25) is 0 Å². The molecule has 4 nitrogen and oxygen atoms in total. The second-order valence-corrected chi connectivity index (χ2v) is 8.92. The van der Waals surface area contributed by atoms with Gasteiger partial charge in [-0.1, -0.05) is 26.0 Å². The molecule has 6 heteroatoms. The fraction of sp³-hybridized carbons (Fsp3) is 0.368. The molecular weight excluding hydrogens is 339 g/mol. The van der Waals surface area contributed by atoms with Crippen LogP contribution in [0.4, 0.5) is 10.1 Å². The van der Waals surface area contributed by atoms with Crippen LogP contribution in [0.2, 0.25) is 0 Å². The zero-order valence-corrected chi connectivity index (χ0v) is 15.4. The zero-order chi connectivity index (χ0) is 18.4. The molecular formula is C19H23FN2O2S. The van der Waals surface area contributed by atoms with Gasteiger partial charge in [0.25, 0.3) is 0 Å². The Morgan fingerprint density at radius 3 is 2.36 bits per heavy atom. The molecule has 134 valence electrons. The van der Waals surface area contributed by atoms with E-state index in [1.165, 1.54) is 12.1 Å². The Hall–Kier alpha value is -1.92. The topological polar surface area (TPSA) is 72.2 Å². The summed E-state index contributed by atoms with van der Waals surface area (Å²) in [6.07, 6.45) is 0. The third-order valence-electron chi connectivity index (χ3n) is 5.32. The maximum atomic E-state index is 13.2. The number of primary sulfonamides is 1. The molecule has 1 aliphatic carbocycles. The Bertz CT molecular complexity index is 892. The van der Waals surface area contributed by atoms with Gasteiger partial charge in [0.05, 0.1) is 4.90 Å². The number of sulfonamides is 1. The number of rotatable bonds is 5. The predicted octanol–water partition coefficient (Wildman–Crippen LogP) is 3.63. The summed E-state index contributed by atoms with van der Waals surface area (Å²) in [5.74, 6) is 0.523. The van der Waals surface area contributed by atoms with Gasteiger partial charge in [-0.25, -0.2) is 17.9 Å². The normalized spacial score (nSPS) is 21.8. The Labute approximate surface area is 148 Å². The fourth-order valence-electron chi connectivity index (χ4n) is 3.70. The van der Waals surface area contributed by atoms with Gasteiger partial charge in [-0.15, -0.1) is 0 Å². The Morgan fingerprint density at radius 2 is 1.80 bits per heavy atom. The molecule has 2 atom stereocenters.